The summed E-state index contributed by atoms with van der Waals surface area (Å²) in [5.41, 5.74) is 1.73. The van der Waals surface area contributed by atoms with E-state index in [2.05, 4.69) is 9.71 Å². The maximum absolute atomic E-state index is 13.2. The number of pyridine rings is 1. The van der Waals surface area contributed by atoms with Crippen LogP contribution in [0.1, 0.15) is 16.8 Å². The van der Waals surface area contributed by atoms with Crippen molar-refractivity contribution >= 4 is 33.2 Å². The molecule has 3 aromatic rings. The van der Waals surface area contributed by atoms with Crippen molar-refractivity contribution in [2.75, 3.05) is 24.9 Å². The van der Waals surface area contributed by atoms with E-state index in [0.29, 0.717) is 18.7 Å². The number of aromatic hydroxyl groups is 1. The molecule has 1 fully saturated rings. The summed E-state index contributed by atoms with van der Waals surface area (Å²) in [7, 11) is -2.91. The number of anilines is 1. The molecule has 10 heteroatoms. The van der Waals surface area contributed by atoms with Gasteiger partial charge in [0.2, 0.25) is 0 Å². The van der Waals surface area contributed by atoms with Crippen LogP contribution in [-0.2, 0) is 10.0 Å². The molecule has 2 aromatic carbocycles. The van der Waals surface area contributed by atoms with Gasteiger partial charge in [-0.15, -0.1) is 0 Å². The average molecular weight is 474 g/mol. The number of phenols is 1. The molecule has 1 amide bonds. The molecule has 1 aliphatic heterocycles. The number of benzene rings is 2. The summed E-state index contributed by atoms with van der Waals surface area (Å²) in [6, 6.07) is 11.0. The number of carbonyl (C=O) groups excluding carboxylic acids is 1. The Morgan fingerprint density at radius 1 is 1.19 bits per heavy atom. The number of likely N-dealkylation sites (tertiary alicyclic amines) is 1. The van der Waals surface area contributed by atoms with Crippen LogP contribution in [0.3, 0.4) is 0 Å². The first-order valence-electron chi connectivity index (χ1n) is 9.73. The first-order valence-corrected chi connectivity index (χ1v) is 11.6. The van der Waals surface area contributed by atoms with Crippen LogP contribution < -0.4 is 9.46 Å². The second kappa shape index (κ2) is 8.68. The van der Waals surface area contributed by atoms with Crippen molar-refractivity contribution in [2.24, 2.45) is 0 Å². The number of halogens is 1. The van der Waals surface area contributed by atoms with Crippen LogP contribution in [0.5, 0.6) is 11.5 Å². The Balaban J connectivity index is 1.73. The smallest absolute Gasteiger partial charge is 0.265 e. The van der Waals surface area contributed by atoms with Gasteiger partial charge >= 0.3 is 0 Å². The average Bonchev–Trinajstić information content (AvgIpc) is 2.74. The predicted octanol–water partition coefficient (Wildman–Crippen LogP) is 3.76. The van der Waals surface area contributed by atoms with Gasteiger partial charge in [-0.2, -0.15) is 0 Å². The molecule has 2 N–H and O–H groups in total. The van der Waals surface area contributed by atoms with Crippen LogP contribution >= 0.6 is 11.6 Å². The molecule has 0 aliphatic carbocycles. The van der Waals surface area contributed by atoms with Crippen molar-refractivity contribution in [3.63, 3.8) is 0 Å². The number of rotatable bonds is 6. The predicted molar refractivity (Wildman–Crippen MR) is 121 cm³/mol. The molecule has 1 aliphatic rings. The number of hydrogen-bond acceptors (Lipinski definition) is 6. The van der Waals surface area contributed by atoms with Gasteiger partial charge in [0, 0.05) is 36.6 Å². The number of phenolic OH excluding ortho intramolecular Hbond substituents is 1. The van der Waals surface area contributed by atoms with Crippen molar-refractivity contribution in [1.29, 1.82) is 0 Å². The highest BCUT2D eigenvalue weighted by Crippen LogP contribution is 2.37. The van der Waals surface area contributed by atoms with Crippen LogP contribution in [0.25, 0.3) is 11.1 Å². The van der Waals surface area contributed by atoms with E-state index in [1.165, 1.54) is 13.2 Å². The van der Waals surface area contributed by atoms with Gasteiger partial charge in [-0.3, -0.25) is 14.5 Å². The number of aromatic nitrogens is 1. The zero-order valence-corrected chi connectivity index (χ0v) is 18.7. The fourth-order valence-electron chi connectivity index (χ4n) is 3.30. The molecule has 166 valence electrons. The number of amides is 1. The lowest BCUT2D eigenvalue weighted by Gasteiger charge is -2.31. The van der Waals surface area contributed by atoms with Gasteiger partial charge in [0.1, 0.15) is 10.6 Å². The summed E-state index contributed by atoms with van der Waals surface area (Å²) in [5.74, 6) is -0.702. The molecule has 0 unspecified atom stereocenters. The Kier molecular flexibility index (Phi) is 5.94. The van der Waals surface area contributed by atoms with Gasteiger partial charge in [-0.25, -0.2) is 8.42 Å². The Morgan fingerprint density at radius 3 is 2.59 bits per heavy atom. The quantitative estimate of drug-likeness (QED) is 0.564. The van der Waals surface area contributed by atoms with Crippen LogP contribution in [0.4, 0.5) is 5.69 Å². The number of nitrogens with one attached hydrogen (secondary N) is 1. The molecular formula is C22H20ClN3O5S. The van der Waals surface area contributed by atoms with Crippen molar-refractivity contribution in [1.82, 2.24) is 9.88 Å². The normalized spacial score (nSPS) is 13.4. The van der Waals surface area contributed by atoms with Crippen molar-refractivity contribution in [3.05, 3.63) is 65.4 Å². The molecule has 1 saturated heterocycles. The van der Waals surface area contributed by atoms with Crippen LogP contribution in [0, 0.1) is 0 Å². The maximum Gasteiger partial charge on any atom is 0.265 e. The molecule has 4 rings (SSSR count). The number of sulfonamides is 1. The molecule has 0 bridgehead atoms. The lowest BCUT2D eigenvalue weighted by Crippen LogP contribution is -2.42. The first kappa shape index (κ1) is 21.9. The summed E-state index contributed by atoms with van der Waals surface area (Å²) >= 11 is 6.06. The zero-order chi connectivity index (χ0) is 22.9. The Hall–Kier alpha value is -3.30. The second-order valence-electron chi connectivity index (χ2n) is 7.21. The third-order valence-electron chi connectivity index (χ3n) is 5.15. The fraction of sp³-hybridized carbons (Fsp3) is 0.182. The topological polar surface area (TPSA) is 109 Å². The molecule has 2 heterocycles. The minimum absolute atomic E-state index is 0.0870. The minimum Gasteiger partial charge on any atom is -0.505 e. The van der Waals surface area contributed by atoms with E-state index < -0.39 is 20.7 Å². The first-order chi connectivity index (χ1) is 15.3. The summed E-state index contributed by atoms with van der Waals surface area (Å²) in [6.07, 6.45) is 4.17. The number of carbonyl (C=O) groups is 1. The summed E-state index contributed by atoms with van der Waals surface area (Å²) < 4.78 is 34.1. The molecular weight excluding hydrogens is 454 g/mol. The Bertz CT molecular complexity index is 1280. The van der Waals surface area contributed by atoms with E-state index >= 15 is 0 Å². The molecule has 8 nitrogen and oxygen atoms in total. The van der Waals surface area contributed by atoms with E-state index in [1.807, 2.05) is 6.07 Å². The van der Waals surface area contributed by atoms with Gasteiger partial charge in [0.25, 0.3) is 15.9 Å². The number of methoxy groups -OCH3 is 1. The SMILES string of the molecule is COc1ccc(-c2cccnc2)cc1NS(=O)(=O)c1cc(C(=O)N2CCC2)cc(Cl)c1O. The molecule has 0 atom stereocenters. The molecule has 1 aromatic heterocycles. The molecule has 0 radical (unpaired) electrons. The lowest BCUT2D eigenvalue weighted by atomic mass is 10.1. The molecule has 0 spiro atoms. The van der Waals surface area contributed by atoms with Gasteiger partial charge in [-0.1, -0.05) is 23.7 Å². The van der Waals surface area contributed by atoms with E-state index in [4.69, 9.17) is 16.3 Å². The van der Waals surface area contributed by atoms with Crippen molar-refractivity contribution in [2.45, 2.75) is 11.3 Å². The number of nitrogens with zero attached hydrogens (tertiary/aromatic N) is 2. The van der Waals surface area contributed by atoms with E-state index in [1.54, 1.807) is 41.6 Å². The van der Waals surface area contributed by atoms with Crippen molar-refractivity contribution in [3.8, 4) is 22.6 Å². The van der Waals surface area contributed by atoms with Gasteiger partial charge in [0.15, 0.2) is 5.75 Å². The largest absolute Gasteiger partial charge is 0.505 e. The van der Waals surface area contributed by atoms with Gasteiger partial charge < -0.3 is 14.7 Å². The molecule has 32 heavy (non-hydrogen) atoms. The second-order valence-corrected chi connectivity index (χ2v) is 9.27. The van der Waals surface area contributed by atoms with Crippen LogP contribution in [0.15, 0.2) is 59.8 Å². The lowest BCUT2D eigenvalue weighted by molar-refractivity contribution is 0.0651. The van der Waals surface area contributed by atoms with Gasteiger partial charge in [0.05, 0.1) is 17.8 Å². The van der Waals surface area contributed by atoms with E-state index in [9.17, 15) is 18.3 Å². The zero-order valence-electron chi connectivity index (χ0n) is 17.1. The third kappa shape index (κ3) is 4.21. The monoisotopic (exact) mass is 473 g/mol. The van der Waals surface area contributed by atoms with Crippen LogP contribution in [0.2, 0.25) is 5.02 Å². The molecule has 0 saturated carbocycles. The Labute approximate surface area is 190 Å². The fourth-order valence-corrected chi connectivity index (χ4v) is 4.79. The van der Waals surface area contributed by atoms with E-state index in [-0.39, 0.29) is 27.9 Å². The Morgan fingerprint density at radius 2 is 1.97 bits per heavy atom. The maximum atomic E-state index is 13.2. The number of ether oxygens (including phenoxy) is 1. The highest BCUT2D eigenvalue weighted by atomic mass is 35.5. The summed E-state index contributed by atoms with van der Waals surface area (Å²) in [6.45, 7) is 1.19. The highest BCUT2D eigenvalue weighted by Gasteiger charge is 2.28. The number of hydrogen-bond donors (Lipinski definition) is 2. The minimum atomic E-state index is -4.32. The third-order valence-corrected chi connectivity index (χ3v) is 6.81. The van der Waals surface area contributed by atoms with Gasteiger partial charge in [-0.05, 0) is 42.3 Å². The van der Waals surface area contributed by atoms with Crippen molar-refractivity contribution < 1.29 is 23.1 Å². The standard InChI is InChI=1S/C22H20ClN3O5S/c1-31-19-6-5-14(15-4-2-7-24-13-15)11-18(19)25-32(29,30)20-12-16(10-17(23)21(20)27)22(28)26-8-3-9-26/h2,4-7,10-13,25,27H,3,8-9H2,1H3. The summed E-state index contributed by atoms with van der Waals surface area (Å²) in [4.78, 5) is 17.7. The van der Waals surface area contributed by atoms with Crippen LogP contribution in [-0.4, -0.2) is 49.5 Å². The summed E-state index contributed by atoms with van der Waals surface area (Å²) in [5, 5.41) is 10.1. The van der Waals surface area contributed by atoms with E-state index in [0.717, 1.165) is 18.1 Å². The highest BCUT2D eigenvalue weighted by molar-refractivity contribution is 7.92.